The van der Waals surface area contributed by atoms with Crippen molar-refractivity contribution in [2.24, 2.45) is 5.92 Å². The van der Waals surface area contributed by atoms with Gasteiger partial charge in [-0.15, -0.1) is 0 Å². The predicted molar refractivity (Wildman–Crippen MR) is 112 cm³/mol. The summed E-state index contributed by atoms with van der Waals surface area (Å²) >= 11 is 0. The second-order valence-corrected chi connectivity index (χ2v) is 8.66. The third-order valence-corrected chi connectivity index (χ3v) is 6.83. The minimum Gasteiger partial charge on any atom is -0.497 e. The number of hydrogen-bond acceptors (Lipinski definition) is 3. The summed E-state index contributed by atoms with van der Waals surface area (Å²) in [7, 11) is 1.67. The number of carbonyl (C=O) groups excluding carboxylic acids is 2. The van der Waals surface area contributed by atoms with E-state index in [2.05, 4.69) is 11.4 Å². The molecule has 0 bridgehead atoms. The van der Waals surface area contributed by atoms with Gasteiger partial charge in [-0.3, -0.25) is 4.79 Å². The lowest BCUT2D eigenvalue weighted by Crippen LogP contribution is -2.50. The number of methoxy groups -OCH3 is 1. The molecule has 6 heteroatoms. The van der Waals surface area contributed by atoms with Crippen LogP contribution < -0.4 is 10.1 Å². The average molecular weight is 400 g/mol. The number of amides is 3. The van der Waals surface area contributed by atoms with Crippen LogP contribution in [0.3, 0.4) is 0 Å². The fraction of sp³-hybridized carbons (Fsp3) is 0.652. The Kier molecular flexibility index (Phi) is 6.26. The molecule has 6 nitrogen and oxygen atoms in total. The van der Waals surface area contributed by atoms with E-state index in [0.29, 0.717) is 5.91 Å². The zero-order chi connectivity index (χ0) is 20.2. The Labute approximate surface area is 173 Å². The van der Waals surface area contributed by atoms with Crippen LogP contribution in [0.2, 0.25) is 0 Å². The summed E-state index contributed by atoms with van der Waals surface area (Å²) in [6, 6.07) is 8.31. The van der Waals surface area contributed by atoms with Gasteiger partial charge in [-0.2, -0.15) is 0 Å². The fourth-order valence-corrected chi connectivity index (χ4v) is 5.14. The lowest BCUT2D eigenvalue weighted by Gasteiger charge is -2.35. The zero-order valence-corrected chi connectivity index (χ0v) is 17.4. The van der Waals surface area contributed by atoms with E-state index in [-0.39, 0.29) is 24.0 Å². The number of benzene rings is 1. The molecule has 0 spiro atoms. The Morgan fingerprint density at radius 1 is 1.00 bits per heavy atom. The SMILES string of the molecule is COc1cccc([C@@H]2CCCN2C(=O)NC2CCN(C(=O)C3CCCC3)CC2)c1. The topological polar surface area (TPSA) is 61.9 Å². The first kappa shape index (κ1) is 20.0. The first-order valence-corrected chi connectivity index (χ1v) is 11.2. The van der Waals surface area contributed by atoms with E-state index >= 15 is 0 Å². The Balaban J connectivity index is 1.30. The highest BCUT2D eigenvalue weighted by atomic mass is 16.5. The molecule has 3 amide bonds. The monoisotopic (exact) mass is 399 g/mol. The molecule has 1 aromatic rings. The molecule has 158 valence electrons. The van der Waals surface area contributed by atoms with Gasteiger partial charge < -0.3 is 19.9 Å². The normalized spacial score (nSPS) is 23.4. The van der Waals surface area contributed by atoms with E-state index < -0.39 is 0 Å². The molecular weight excluding hydrogens is 366 g/mol. The minimum absolute atomic E-state index is 0.0240. The van der Waals surface area contributed by atoms with Gasteiger partial charge in [0.1, 0.15) is 5.75 Å². The first-order valence-electron chi connectivity index (χ1n) is 11.2. The van der Waals surface area contributed by atoms with E-state index in [9.17, 15) is 9.59 Å². The predicted octanol–water partition coefficient (Wildman–Crippen LogP) is 3.72. The number of carbonyl (C=O) groups is 2. The van der Waals surface area contributed by atoms with Crippen molar-refractivity contribution in [3.63, 3.8) is 0 Å². The summed E-state index contributed by atoms with van der Waals surface area (Å²) in [4.78, 5) is 29.6. The number of nitrogens with one attached hydrogen (secondary N) is 1. The van der Waals surface area contributed by atoms with E-state index in [0.717, 1.165) is 69.5 Å². The van der Waals surface area contributed by atoms with Crippen LogP contribution >= 0.6 is 0 Å². The van der Waals surface area contributed by atoms with Crippen molar-refractivity contribution >= 4 is 11.9 Å². The molecule has 2 aliphatic heterocycles. The Hall–Kier alpha value is -2.24. The van der Waals surface area contributed by atoms with Crippen LogP contribution in [0.25, 0.3) is 0 Å². The van der Waals surface area contributed by atoms with Crippen molar-refractivity contribution in [3.8, 4) is 5.75 Å². The van der Waals surface area contributed by atoms with Crippen molar-refractivity contribution in [1.82, 2.24) is 15.1 Å². The lowest BCUT2D eigenvalue weighted by molar-refractivity contribution is -0.136. The largest absolute Gasteiger partial charge is 0.497 e. The molecule has 1 aromatic carbocycles. The molecule has 1 N–H and O–H groups in total. The second-order valence-electron chi connectivity index (χ2n) is 8.66. The van der Waals surface area contributed by atoms with Gasteiger partial charge in [-0.1, -0.05) is 25.0 Å². The maximum atomic E-state index is 13.0. The molecule has 3 fully saturated rings. The van der Waals surface area contributed by atoms with E-state index in [1.54, 1.807) is 7.11 Å². The van der Waals surface area contributed by atoms with Crippen LogP contribution in [-0.4, -0.2) is 54.5 Å². The standard InChI is InChI=1S/C23H33N3O3/c1-29-20-9-4-8-18(16-20)21-10-5-13-26(21)23(28)24-19-11-14-25(15-12-19)22(27)17-6-2-3-7-17/h4,8-9,16-17,19,21H,2-3,5-7,10-15H2,1H3,(H,24,28)/t21-/m0/s1. The molecule has 3 aliphatic rings. The number of rotatable bonds is 4. The summed E-state index contributed by atoms with van der Waals surface area (Å²) in [5, 5.41) is 3.24. The summed E-state index contributed by atoms with van der Waals surface area (Å²) in [5.41, 5.74) is 1.13. The van der Waals surface area contributed by atoms with Crippen LogP contribution in [0.1, 0.15) is 63.0 Å². The van der Waals surface area contributed by atoms with E-state index in [4.69, 9.17) is 4.74 Å². The number of piperidine rings is 1. The van der Waals surface area contributed by atoms with Gasteiger partial charge >= 0.3 is 6.03 Å². The van der Waals surface area contributed by atoms with Gasteiger partial charge in [-0.05, 0) is 56.2 Å². The van der Waals surface area contributed by atoms with Crippen molar-refractivity contribution in [3.05, 3.63) is 29.8 Å². The third-order valence-electron chi connectivity index (χ3n) is 6.83. The maximum absolute atomic E-state index is 13.0. The summed E-state index contributed by atoms with van der Waals surface area (Å²) in [6.07, 6.45) is 8.18. The molecule has 1 saturated carbocycles. The van der Waals surface area contributed by atoms with Crippen molar-refractivity contribution in [1.29, 1.82) is 0 Å². The molecule has 0 radical (unpaired) electrons. The molecule has 2 saturated heterocycles. The number of urea groups is 1. The van der Waals surface area contributed by atoms with Gasteiger partial charge in [-0.25, -0.2) is 4.79 Å². The number of hydrogen-bond donors (Lipinski definition) is 1. The van der Waals surface area contributed by atoms with E-state index in [1.165, 1.54) is 12.8 Å². The molecule has 4 rings (SSSR count). The Morgan fingerprint density at radius 2 is 1.76 bits per heavy atom. The molecule has 0 unspecified atom stereocenters. The highest BCUT2D eigenvalue weighted by Gasteiger charge is 2.33. The summed E-state index contributed by atoms with van der Waals surface area (Å²) in [6.45, 7) is 2.31. The van der Waals surface area contributed by atoms with Gasteiger partial charge in [0.15, 0.2) is 0 Å². The molecule has 2 heterocycles. The molecule has 1 atom stereocenters. The van der Waals surface area contributed by atoms with Gasteiger partial charge in [0, 0.05) is 31.6 Å². The first-order chi connectivity index (χ1) is 14.2. The Morgan fingerprint density at radius 3 is 2.48 bits per heavy atom. The van der Waals surface area contributed by atoms with Crippen LogP contribution in [0, 0.1) is 5.92 Å². The zero-order valence-electron chi connectivity index (χ0n) is 17.4. The minimum atomic E-state index is 0.0240. The quantitative estimate of drug-likeness (QED) is 0.839. The Bertz CT molecular complexity index is 724. The second kappa shape index (κ2) is 9.06. The van der Waals surface area contributed by atoms with Crippen LogP contribution in [-0.2, 0) is 4.79 Å². The summed E-state index contributed by atoms with van der Waals surface area (Å²) < 4.78 is 5.35. The van der Waals surface area contributed by atoms with Crippen molar-refractivity contribution in [2.45, 2.75) is 63.5 Å². The van der Waals surface area contributed by atoms with Gasteiger partial charge in [0.25, 0.3) is 0 Å². The van der Waals surface area contributed by atoms with E-state index in [1.807, 2.05) is 28.0 Å². The smallest absolute Gasteiger partial charge is 0.318 e. The molecular formula is C23H33N3O3. The lowest BCUT2D eigenvalue weighted by atomic mass is 10.0. The number of ether oxygens (including phenoxy) is 1. The average Bonchev–Trinajstić information content (AvgIpc) is 3.46. The maximum Gasteiger partial charge on any atom is 0.318 e. The van der Waals surface area contributed by atoms with Crippen molar-refractivity contribution in [2.75, 3.05) is 26.7 Å². The fourth-order valence-electron chi connectivity index (χ4n) is 5.14. The third kappa shape index (κ3) is 4.51. The van der Waals surface area contributed by atoms with Crippen LogP contribution in [0.4, 0.5) is 4.79 Å². The molecule has 0 aromatic heterocycles. The molecule has 29 heavy (non-hydrogen) atoms. The van der Waals surface area contributed by atoms with Crippen molar-refractivity contribution < 1.29 is 14.3 Å². The molecule has 1 aliphatic carbocycles. The number of nitrogens with zero attached hydrogens (tertiary/aromatic N) is 2. The highest BCUT2D eigenvalue weighted by Crippen LogP contribution is 2.33. The van der Waals surface area contributed by atoms with Gasteiger partial charge in [0.05, 0.1) is 13.2 Å². The summed E-state index contributed by atoms with van der Waals surface area (Å²) in [5.74, 6) is 1.41. The van der Waals surface area contributed by atoms with Gasteiger partial charge in [0.2, 0.25) is 5.91 Å². The highest BCUT2D eigenvalue weighted by molar-refractivity contribution is 5.79. The van der Waals surface area contributed by atoms with Crippen LogP contribution in [0.15, 0.2) is 24.3 Å². The van der Waals surface area contributed by atoms with Crippen LogP contribution in [0.5, 0.6) is 5.75 Å². The number of likely N-dealkylation sites (tertiary alicyclic amines) is 2.